The molecule has 0 unspecified atom stereocenters. The van der Waals surface area contributed by atoms with E-state index in [4.69, 9.17) is 0 Å². The molecule has 0 aliphatic heterocycles. The Morgan fingerprint density at radius 3 is 1.33 bits per heavy atom. The first-order valence-electron chi connectivity index (χ1n) is 4.63. The van der Waals surface area contributed by atoms with Crippen LogP contribution in [0, 0.1) is 0 Å². The Balaban J connectivity index is 2.42. The molecule has 1 aliphatic rings. The van der Waals surface area contributed by atoms with Gasteiger partial charge >= 0.3 is 0 Å². The predicted octanol–water partition coefficient (Wildman–Crippen LogP) is 3.79. The third-order valence-electron chi connectivity index (χ3n) is 1.77. The fourth-order valence-corrected chi connectivity index (χ4v) is 1.10. The lowest BCUT2D eigenvalue weighted by atomic mass is 10.2. The summed E-state index contributed by atoms with van der Waals surface area (Å²) in [7, 11) is 0. The summed E-state index contributed by atoms with van der Waals surface area (Å²) in [4.78, 5) is 0. The lowest BCUT2D eigenvalue weighted by Gasteiger charge is -1.89. The molecule has 0 fully saturated rings. The molecule has 1 rings (SSSR count). The minimum absolute atomic E-state index is 1.16. The molecule has 0 radical (unpaired) electrons. The van der Waals surface area contributed by atoms with Crippen LogP contribution in [0.25, 0.3) is 0 Å². The number of hydrogen-bond acceptors (Lipinski definition) is 0. The van der Waals surface area contributed by atoms with Gasteiger partial charge in [-0.2, -0.15) is 0 Å². The van der Waals surface area contributed by atoms with E-state index in [9.17, 15) is 0 Å². The molecule has 0 saturated heterocycles. The molecule has 0 amide bonds. The van der Waals surface area contributed by atoms with Crippen molar-refractivity contribution < 1.29 is 0 Å². The van der Waals surface area contributed by atoms with Gasteiger partial charge in [0.15, 0.2) is 0 Å². The Kier molecular flexibility index (Phi) is 5.02. The summed E-state index contributed by atoms with van der Waals surface area (Å²) in [5, 5.41) is 0. The average molecular weight is 160 g/mol. The molecule has 0 atom stereocenters. The van der Waals surface area contributed by atoms with Crippen molar-refractivity contribution in [3.8, 4) is 0 Å². The molecule has 0 nitrogen and oxygen atoms in total. The molecule has 0 saturated carbocycles. The molecule has 0 heterocycles. The summed E-state index contributed by atoms with van der Waals surface area (Å²) in [5.74, 6) is 0. The van der Waals surface area contributed by atoms with Gasteiger partial charge in [0.1, 0.15) is 0 Å². The highest BCUT2D eigenvalue weighted by Crippen LogP contribution is 1.99. The Morgan fingerprint density at radius 1 is 0.417 bits per heavy atom. The molecule has 0 N–H and O–H groups in total. The minimum Gasteiger partial charge on any atom is -0.0882 e. The zero-order chi connectivity index (χ0) is 8.49. The molecule has 0 aromatic heterocycles. The van der Waals surface area contributed by atoms with Crippen molar-refractivity contribution in [2.75, 3.05) is 0 Å². The first-order chi connectivity index (χ1) is 6.00. The number of allylic oxidation sites excluding steroid dienone is 8. The summed E-state index contributed by atoms with van der Waals surface area (Å²) in [6.45, 7) is 0. The molecular weight excluding hydrogens is 144 g/mol. The molecule has 0 heteroatoms. The van der Waals surface area contributed by atoms with Crippen molar-refractivity contribution in [2.45, 2.75) is 25.7 Å². The zero-order valence-electron chi connectivity index (χ0n) is 7.45. The van der Waals surface area contributed by atoms with E-state index < -0.39 is 0 Å². The Hall–Kier alpha value is -1.04. The quantitative estimate of drug-likeness (QED) is 0.473. The van der Waals surface area contributed by atoms with Crippen molar-refractivity contribution in [3.63, 3.8) is 0 Å². The van der Waals surface area contributed by atoms with E-state index >= 15 is 0 Å². The van der Waals surface area contributed by atoms with E-state index in [-0.39, 0.29) is 0 Å². The molecular formula is C12H16. The molecule has 0 spiro atoms. The second-order valence-corrected chi connectivity index (χ2v) is 2.87. The Bertz CT molecular complexity index is 182. The van der Waals surface area contributed by atoms with Gasteiger partial charge in [-0.25, -0.2) is 0 Å². The van der Waals surface area contributed by atoms with Crippen LogP contribution in [0.15, 0.2) is 48.6 Å². The highest BCUT2D eigenvalue weighted by atomic mass is 13.9. The fraction of sp³-hybridized carbons (Fsp3) is 0.333. The van der Waals surface area contributed by atoms with Crippen LogP contribution in [0.2, 0.25) is 0 Å². The molecule has 12 heavy (non-hydrogen) atoms. The van der Waals surface area contributed by atoms with Gasteiger partial charge in [0.2, 0.25) is 0 Å². The molecule has 64 valence electrons. The van der Waals surface area contributed by atoms with E-state index in [1.807, 2.05) is 0 Å². The van der Waals surface area contributed by atoms with Crippen molar-refractivity contribution in [1.29, 1.82) is 0 Å². The third kappa shape index (κ3) is 4.73. The normalized spacial score (nSPS) is 18.7. The second kappa shape index (κ2) is 6.66. The maximum Gasteiger partial charge on any atom is -0.0313 e. The smallest absolute Gasteiger partial charge is 0.0313 e. The monoisotopic (exact) mass is 160 g/mol. The Labute approximate surface area is 75.0 Å². The van der Waals surface area contributed by atoms with Gasteiger partial charge in [-0.05, 0) is 25.7 Å². The van der Waals surface area contributed by atoms with Crippen LogP contribution in [0.5, 0.6) is 0 Å². The average Bonchev–Trinajstić information content (AvgIpc) is 2.05. The Morgan fingerprint density at radius 2 is 0.833 bits per heavy atom. The van der Waals surface area contributed by atoms with Gasteiger partial charge in [-0.1, -0.05) is 48.6 Å². The summed E-state index contributed by atoms with van der Waals surface area (Å²) in [6, 6.07) is 0. The maximum atomic E-state index is 2.27. The van der Waals surface area contributed by atoms with Crippen molar-refractivity contribution in [3.05, 3.63) is 48.6 Å². The largest absolute Gasteiger partial charge is 0.0882 e. The van der Waals surface area contributed by atoms with Gasteiger partial charge in [-0.3, -0.25) is 0 Å². The first kappa shape index (κ1) is 9.05. The zero-order valence-corrected chi connectivity index (χ0v) is 7.45. The SMILES string of the molecule is C1=CC=CCCC=CCCC=C1. The molecule has 0 aromatic rings. The lowest BCUT2D eigenvalue weighted by molar-refractivity contribution is 1.00. The highest BCUT2D eigenvalue weighted by Gasteiger charge is 1.78. The molecule has 0 bridgehead atoms. The highest BCUT2D eigenvalue weighted by molar-refractivity contribution is 5.11. The van der Waals surface area contributed by atoms with Crippen LogP contribution in [-0.2, 0) is 0 Å². The minimum atomic E-state index is 1.16. The van der Waals surface area contributed by atoms with Gasteiger partial charge < -0.3 is 0 Å². The lowest BCUT2D eigenvalue weighted by Crippen LogP contribution is -1.68. The van der Waals surface area contributed by atoms with Crippen LogP contribution in [-0.4, -0.2) is 0 Å². The van der Waals surface area contributed by atoms with Crippen LogP contribution in [0.1, 0.15) is 25.7 Å². The van der Waals surface area contributed by atoms with Gasteiger partial charge in [-0.15, -0.1) is 0 Å². The summed E-state index contributed by atoms with van der Waals surface area (Å²) < 4.78 is 0. The summed E-state index contributed by atoms with van der Waals surface area (Å²) in [6.07, 6.45) is 22.0. The van der Waals surface area contributed by atoms with Gasteiger partial charge in [0, 0.05) is 0 Å². The van der Waals surface area contributed by atoms with E-state index in [0.29, 0.717) is 0 Å². The van der Waals surface area contributed by atoms with Gasteiger partial charge in [0.25, 0.3) is 0 Å². The van der Waals surface area contributed by atoms with E-state index in [1.165, 1.54) is 12.8 Å². The maximum absolute atomic E-state index is 2.27. The van der Waals surface area contributed by atoms with Crippen LogP contribution < -0.4 is 0 Å². The second-order valence-electron chi connectivity index (χ2n) is 2.87. The van der Waals surface area contributed by atoms with Crippen molar-refractivity contribution in [2.24, 2.45) is 0 Å². The number of rotatable bonds is 0. The van der Waals surface area contributed by atoms with Crippen molar-refractivity contribution in [1.82, 2.24) is 0 Å². The fourth-order valence-electron chi connectivity index (χ4n) is 1.10. The van der Waals surface area contributed by atoms with Crippen molar-refractivity contribution >= 4 is 0 Å². The number of hydrogen-bond donors (Lipinski definition) is 0. The van der Waals surface area contributed by atoms with Crippen LogP contribution in [0.4, 0.5) is 0 Å². The summed E-state index contributed by atoms with van der Waals surface area (Å²) in [5.41, 5.74) is 0. The van der Waals surface area contributed by atoms with Gasteiger partial charge in [0.05, 0.1) is 0 Å². The van der Waals surface area contributed by atoms with E-state index in [2.05, 4.69) is 48.6 Å². The van der Waals surface area contributed by atoms with E-state index in [0.717, 1.165) is 12.8 Å². The first-order valence-corrected chi connectivity index (χ1v) is 4.63. The van der Waals surface area contributed by atoms with Crippen LogP contribution in [0.3, 0.4) is 0 Å². The standard InChI is InChI=1S/C12H16/c1-2-4-6-8-10-12-11-9-7-5-3-1/h1-6,11-12H,7-10H2. The van der Waals surface area contributed by atoms with E-state index in [1.54, 1.807) is 0 Å². The topological polar surface area (TPSA) is 0 Å². The summed E-state index contributed by atoms with van der Waals surface area (Å²) >= 11 is 0. The predicted molar refractivity (Wildman–Crippen MR) is 55.0 cm³/mol. The third-order valence-corrected chi connectivity index (χ3v) is 1.77. The van der Waals surface area contributed by atoms with Crippen LogP contribution >= 0.6 is 0 Å². The molecule has 0 aromatic carbocycles. The molecule has 1 aliphatic carbocycles.